The predicted octanol–water partition coefficient (Wildman–Crippen LogP) is 4.61. The van der Waals surface area contributed by atoms with Crippen molar-refractivity contribution < 1.29 is 71.8 Å². The molecule has 18 heteroatoms. The molecule has 0 radical (unpaired) electrons. The Morgan fingerprint density at radius 3 is 1.98 bits per heavy atom. The van der Waals surface area contributed by atoms with Gasteiger partial charge in [0.05, 0.1) is 12.2 Å². The van der Waals surface area contributed by atoms with Gasteiger partial charge in [0.2, 0.25) is 24.2 Å². The summed E-state index contributed by atoms with van der Waals surface area (Å²) in [7, 11) is 0. The smallest absolute Gasteiger partial charge is 0.338 e. The first-order valence-electron chi connectivity index (χ1n) is 20.7. The SMILES string of the molecule is CC(=O)OC[C@H]1O[C@@H](Oc2nn(CCCOC(=O)c3ccccc3)c(C(C)C)c2Cc2ccc(CCCC(=O)NC(C)(C)C(=O)O)cc2)[C@H](OC(C)=O)[C@@H](OC(C)=O)[C@H]1OC(C)=O. The Labute approximate surface area is 365 Å². The molecular formula is C45H57N3O15. The molecule has 2 aromatic carbocycles. The number of aryl methyl sites for hydroxylation is 2. The Kier molecular flexibility index (Phi) is 17.8. The molecule has 1 amide bonds. The third kappa shape index (κ3) is 14.7. The Morgan fingerprint density at radius 1 is 0.794 bits per heavy atom. The van der Waals surface area contributed by atoms with Gasteiger partial charge in [-0.05, 0) is 55.9 Å². The summed E-state index contributed by atoms with van der Waals surface area (Å²) in [5, 5.41) is 16.7. The molecule has 2 heterocycles. The summed E-state index contributed by atoms with van der Waals surface area (Å²) in [5.74, 6) is -5.07. The van der Waals surface area contributed by atoms with Crippen molar-refractivity contribution in [3.63, 3.8) is 0 Å². The number of carboxylic acid groups (broad SMARTS) is 1. The number of amides is 1. The van der Waals surface area contributed by atoms with E-state index in [-0.39, 0.29) is 37.2 Å². The number of aliphatic carboxylic acids is 1. The fourth-order valence-electron chi connectivity index (χ4n) is 6.94. The van der Waals surface area contributed by atoms with Crippen molar-refractivity contribution in [1.82, 2.24) is 15.1 Å². The van der Waals surface area contributed by atoms with E-state index >= 15 is 0 Å². The zero-order valence-electron chi connectivity index (χ0n) is 36.9. The summed E-state index contributed by atoms with van der Waals surface area (Å²) in [6, 6.07) is 16.3. The molecule has 0 aliphatic carbocycles. The van der Waals surface area contributed by atoms with E-state index in [9.17, 15) is 38.7 Å². The standard InChI is InChI=1S/C45H57N3O15/c1-26(2)37-34(24-32-20-18-31(19-21-32)14-12-17-36(53)46-45(7,8)44(55)56)41(47-48(37)22-13-23-57-42(54)33-15-10-9-11-16-33)63-43-40(61-30(6)52)39(60-29(5)51)38(59-28(4)50)35(62-43)25-58-27(3)49/h9-11,15-16,18-21,26,35,38-40,43H,12-14,17,22-25H2,1-8H3,(H,46,53)(H,55,56)/t35-,38+,39+,40-,43+/m1/s1. The second-order valence-corrected chi connectivity index (χ2v) is 15.9. The third-order valence-corrected chi connectivity index (χ3v) is 9.80. The molecular weight excluding hydrogens is 823 g/mol. The van der Waals surface area contributed by atoms with Gasteiger partial charge in [-0.25, -0.2) is 9.59 Å². The average molecular weight is 880 g/mol. The number of nitrogens with zero attached hydrogens (tertiary/aromatic N) is 2. The number of esters is 5. The number of benzene rings is 2. The fourth-order valence-corrected chi connectivity index (χ4v) is 6.94. The predicted molar refractivity (Wildman–Crippen MR) is 222 cm³/mol. The van der Waals surface area contributed by atoms with Crippen LogP contribution in [0.15, 0.2) is 54.6 Å². The topological polar surface area (TPSA) is 234 Å². The summed E-state index contributed by atoms with van der Waals surface area (Å²) < 4.78 is 42.1. The van der Waals surface area contributed by atoms with E-state index in [4.69, 9.17) is 38.3 Å². The van der Waals surface area contributed by atoms with Crippen LogP contribution in [0.25, 0.3) is 0 Å². The Bertz CT molecular complexity index is 2080. The van der Waals surface area contributed by atoms with Crippen molar-refractivity contribution in [2.75, 3.05) is 13.2 Å². The van der Waals surface area contributed by atoms with Gasteiger partial charge in [-0.1, -0.05) is 56.3 Å². The molecule has 63 heavy (non-hydrogen) atoms. The minimum Gasteiger partial charge on any atom is -0.480 e. The zero-order chi connectivity index (χ0) is 46.4. The number of nitrogens with one attached hydrogen (secondary N) is 1. The highest BCUT2D eigenvalue weighted by Gasteiger charge is 2.54. The van der Waals surface area contributed by atoms with Crippen LogP contribution in [0, 0.1) is 0 Å². The maximum Gasteiger partial charge on any atom is 0.338 e. The summed E-state index contributed by atoms with van der Waals surface area (Å²) in [5.41, 5.74) is 2.23. The van der Waals surface area contributed by atoms with Crippen molar-refractivity contribution in [2.24, 2.45) is 0 Å². The number of carboxylic acids is 1. The van der Waals surface area contributed by atoms with Crippen LogP contribution < -0.4 is 10.1 Å². The van der Waals surface area contributed by atoms with Crippen molar-refractivity contribution in [1.29, 1.82) is 0 Å². The molecule has 342 valence electrons. The molecule has 0 spiro atoms. The molecule has 1 aliphatic heterocycles. The first-order chi connectivity index (χ1) is 29.7. The van der Waals surface area contributed by atoms with Gasteiger partial charge in [-0.2, -0.15) is 0 Å². The van der Waals surface area contributed by atoms with Gasteiger partial charge in [0.15, 0.2) is 12.2 Å². The van der Waals surface area contributed by atoms with Crippen molar-refractivity contribution in [3.8, 4) is 5.88 Å². The molecule has 5 atom stereocenters. The van der Waals surface area contributed by atoms with E-state index in [1.54, 1.807) is 35.0 Å². The normalized spacial score (nSPS) is 18.5. The van der Waals surface area contributed by atoms with Crippen LogP contribution in [0.4, 0.5) is 0 Å². The summed E-state index contributed by atoms with van der Waals surface area (Å²) in [6.45, 7) is 11.3. The highest BCUT2D eigenvalue weighted by atomic mass is 16.7. The van der Waals surface area contributed by atoms with E-state index in [1.165, 1.54) is 20.8 Å². The largest absolute Gasteiger partial charge is 0.480 e. The molecule has 3 aromatic rings. The van der Waals surface area contributed by atoms with E-state index in [0.717, 1.165) is 37.6 Å². The summed E-state index contributed by atoms with van der Waals surface area (Å²) >= 11 is 0. The monoisotopic (exact) mass is 879 g/mol. The van der Waals surface area contributed by atoms with Gasteiger partial charge in [-0.3, -0.25) is 28.7 Å². The van der Waals surface area contributed by atoms with Gasteiger partial charge >= 0.3 is 35.8 Å². The molecule has 1 aliphatic rings. The number of carbonyl (C=O) groups is 7. The van der Waals surface area contributed by atoms with Crippen LogP contribution in [0.5, 0.6) is 5.88 Å². The number of rotatable bonds is 21. The van der Waals surface area contributed by atoms with E-state index in [2.05, 4.69) is 5.32 Å². The number of ether oxygens (including phenoxy) is 7. The molecule has 0 bridgehead atoms. The van der Waals surface area contributed by atoms with Crippen LogP contribution >= 0.6 is 0 Å². The molecule has 1 saturated heterocycles. The van der Waals surface area contributed by atoms with Crippen LogP contribution in [0.3, 0.4) is 0 Å². The van der Waals surface area contributed by atoms with Crippen molar-refractivity contribution in [2.45, 2.75) is 136 Å². The lowest BCUT2D eigenvalue weighted by atomic mass is 9.97. The summed E-state index contributed by atoms with van der Waals surface area (Å²) in [4.78, 5) is 85.7. The molecule has 18 nitrogen and oxygen atoms in total. The molecule has 4 rings (SSSR count). The molecule has 0 unspecified atom stereocenters. The quantitative estimate of drug-likeness (QED) is 0.0845. The Morgan fingerprint density at radius 2 is 1.40 bits per heavy atom. The number of hydrogen-bond donors (Lipinski definition) is 2. The Balaban J connectivity index is 1.68. The fraction of sp³-hybridized carbons (Fsp3) is 0.511. The summed E-state index contributed by atoms with van der Waals surface area (Å²) in [6.07, 6.45) is -5.31. The second-order valence-electron chi connectivity index (χ2n) is 15.9. The van der Waals surface area contributed by atoms with Gasteiger partial charge in [0.25, 0.3) is 0 Å². The first kappa shape index (κ1) is 49.4. The third-order valence-electron chi connectivity index (χ3n) is 9.80. The molecule has 1 fully saturated rings. The minimum atomic E-state index is -1.54. The van der Waals surface area contributed by atoms with Gasteiger partial charge < -0.3 is 43.6 Å². The van der Waals surface area contributed by atoms with Crippen molar-refractivity contribution >= 4 is 41.7 Å². The number of aromatic nitrogens is 2. The average Bonchev–Trinajstić information content (AvgIpc) is 3.54. The highest BCUT2D eigenvalue weighted by Crippen LogP contribution is 2.35. The maximum atomic E-state index is 12.7. The first-order valence-corrected chi connectivity index (χ1v) is 20.7. The van der Waals surface area contributed by atoms with E-state index in [0.29, 0.717) is 36.9 Å². The van der Waals surface area contributed by atoms with Crippen LogP contribution in [0.2, 0.25) is 0 Å². The zero-order valence-corrected chi connectivity index (χ0v) is 36.9. The van der Waals surface area contributed by atoms with Crippen LogP contribution in [0.1, 0.15) is 113 Å². The van der Waals surface area contributed by atoms with Crippen LogP contribution in [-0.2, 0) is 76.6 Å². The van der Waals surface area contributed by atoms with Gasteiger partial charge in [0.1, 0.15) is 18.2 Å². The highest BCUT2D eigenvalue weighted by molar-refractivity contribution is 5.89. The molecule has 1 aromatic heterocycles. The lowest BCUT2D eigenvalue weighted by molar-refractivity contribution is -0.289. The lowest BCUT2D eigenvalue weighted by Gasteiger charge is -2.43. The van der Waals surface area contributed by atoms with E-state index < -0.39 is 78.7 Å². The number of hydrogen-bond acceptors (Lipinski definition) is 15. The second kappa shape index (κ2) is 22.7. The minimum absolute atomic E-state index is 0.0697. The van der Waals surface area contributed by atoms with Gasteiger partial charge in [0, 0.05) is 64.8 Å². The number of carbonyl (C=O) groups excluding carboxylic acids is 6. The molecule has 2 N–H and O–H groups in total. The Hall–Kier alpha value is -6.30. The lowest BCUT2D eigenvalue weighted by Crippen LogP contribution is -2.63. The van der Waals surface area contributed by atoms with Gasteiger partial charge in [-0.15, -0.1) is 5.10 Å². The van der Waals surface area contributed by atoms with Crippen molar-refractivity contribution in [3.05, 3.63) is 82.5 Å². The van der Waals surface area contributed by atoms with Crippen LogP contribution in [-0.4, -0.2) is 106 Å². The maximum absolute atomic E-state index is 12.7. The van der Waals surface area contributed by atoms with E-state index in [1.807, 2.05) is 38.1 Å². The molecule has 0 saturated carbocycles.